The molecule has 0 saturated heterocycles. The fraction of sp³-hybridized carbons (Fsp3) is 0.462. The average molecular weight is 237 g/mol. The molecule has 4 heteroatoms. The van der Waals surface area contributed by atoms with Gasteiger partial charge in [0.25, 0.3) is 0 Å². The summed E-state index contributed by atoms with van der Waals surface area (Å²) in [6.45, 7) is 4.49. The zero-order valence-corrected chi connectivity index (χ0v) is 10.3. The van der Waals surface area contributed by atoms with Crippen molar-refractivity contribution in [2.75, 3.05) is 11.9 Å². The molecular formula is C13H19NO3. The molecule has 4 nitrogen and oxygen atoms in total. The lowest BCUT2D eigenvalue weighted by molar-refractivity contribution is -0.137. The lowest BCUT2D eigenvalue weighted by atomic mass is 10.2. The van der Waals surface area contributed by atoms with Crippen molar-refractivity contribution in [2.45, 2.75) is 32.7 Å². The van der Waals surface area contributed by atoms with Crippen LogP contribution < -0.4 is 10.1 Å². The van der Waals surface area contributed by atoms with E-state index in [9.17, 15) is 4.79 Å². The second-order valence-corrected chi connectivity index (χ2v) is 3.79. The van der Waals surface area contributed by atoms with Crippen LogP contribution in [0.2, 0.25) is 0 Å². The topological polar surface area (TPSA) is 58.6 Å². The van der Waals surface area contributed by atoms with Gasteiger partial charge in [0.1, 0.15) is 11.8 Å². The van der Waals surface area contributed by atoms with Gasteiger partial charge in [0, 0.05) is 0 Å². The number of rotatable bonds is 7. The van der Waals surface area contributed by atoms with Crippen molar-refractivity contribution >= 4 is 11.7 Å². The molecule has 0 radical (unpaired) electrons. The van der Waals surface area contributed by atoms with Gasteiger partial charge in [-0.25, -0.2) is 4.79 Å². The fourth-order valence-corrected chi connectivity index (χ4v) is 1.45. The third-order valence-electron chi connectivity index (χ3n) is 2.38. The first kappa shape index (κ1) is 13.4. The maximum absolute atomic E-state index is 11.0. The Labute approximate surface area is 102 Å². The van der Waals surface area contributed by atoms with Gasteiger partial charge in [0.05, 0.1) is 12.3 Å². The van der Waals surface area contributed by atoms with Crippen LogP contribution in [0, 0.1) is 0 Å². The Morgan fingerprint density at radius 1 is 1.41 bits per heavy atom. The van der Waals surface area contributed by atoms with E-state index >= 15 is 0 Å². The molecule has 0 amide bonds. The molecule has 2 N–H and O–H groups in total. The molecule has 17 heavy (non-hydrogen) atoms. The number of ether oxygens (including phenoxy) is 1. The number of carboxylic acid groups (broad SMARTS) is 1. The van der Waals surface area contributed by atoms with Crippen LogP contribution in [0.5, 0.6) is 5.75 Å². The van der Waals surface area contributed by atoms with Crippen molar-refractivity contribution in [3.8, 4) is 5.75 Å². The number of carboxylic acids is 1. The third kappa shape index (κ3) is 3.98. The first-order valence-corrected chi connectivity index (χ1v) is 5.90. The third-order valence-corrected chi connectivity index (χ3v) is 2.38. The van der Waals surface area contributed by atoms with Crippen LogP contribution in [0.1, 0.15) is 26.7 Å². The number of nitrogens with one attached hydrogen (secondary N) is 1. The number of carbonyl (C=O) groups is 1. The highest BCUT2D eigenvalue weighted by Crippen LogP contribution is 2.25. The summed E-state index contributed by atoms with van der Waals surface area (Å²) in [5, 5.41) is 12.0. The fourth-order valence-electron chi connectivity index (χ4n) is 1.45. The molecule has 1 rings (SSSR count). The highest BCUT2D eigenvalue weighted by molar-refractivity contribution is 5.78. The smallest absolute Gasteiger partial charge is 0.326 e. The van der Waals surface area contributed by atoms with Crippen LogP contribution in [0.25, 0.3) is 0 Å². The predicted molar refractivity (Wildman–Crippen MR) is 67.6 cm³/mol. The maximum Gasteiger partial charge on any atom is 0.326 e. The molecular weight excluding hydrogens is 218 g/mol. The molecule has 94 valence electrons. The second-order valence-electron chi connectivity index (χ2n) is 3.79. The number of hydrogen-bond acceptors (Lipinski definition) is 3. The minimum atomic E-state index is -0.849. The summed E-state index contributed by atoms with van der Waals surface area (Å²) in [6.07, 6.45) is 1.45. The van der Waals surface area contributed by atoms with Crippen molar-refractivity contribution in [3.05, 3.63) is 24.3 Å². The van der Waals surface area contributed by atoms with Crippen molar-refractivity contribution < 1.29 is 14.6 Å². The number of benzene rings is 1. The monoisotopic (exact) mass is 237 g/mol. The Kier molecular flexibility index (Phi) is 5.33. The van der Waals surface area contributed by atoms with Gasteiger partial charge >= 0.3 is 5.97 Å². The number of hydrogen-bond donors (Lipinski definition) is 2. The first-order chi connectivity index (χ1) is 8.19. The van der Waals surface area contributed by atoms with Crippen LogP contribution in [0.3, 0.4) is 0 Å². The van der Waals surface area contributed by atoms with Crippen LogP contribution in [0.4, 0.5) is 5.69 Å². The summed E-state index contributed by atoms with van der Waals surface area (Å²) >= 11 is 0. The molecule has 1 unspecified atom stereocenters. The molecule has 0 fully saturated rings. The van der Waals surface area contributed by atoms with E-state index in [1.807, 2.05) is 38.1 Å². The molecule has 0 aromatic heterocycles. The largest absolute Gasteiger partial charge is 0.491 e. The minimum absolute atomic E-state index is 0.525. The highest BCUT2D eigenvalue weighted by Gasteiger charge is 2.16. The van der Waals surface area contributed by atoms with Crippen LogP contribution in [-0.4, -0.2) is 23.7 Å². The van der Waals surface area contributed by atoms with Gasteiger partial charge in [-0.1, -0.05) is 26.0 Å². The van der Waals surface area contributed by atoms with E-state index in [-0.39, 0.29) is 0 Å². The number of anilines is 1. The lowest BCUT2D eigenvalue weighted by Gasteiger charge is -2.17. The lowest BCUT2D eigenvalue weighted by Crippen LogP contribution is -2.28. The van der Waals surface area contributed by atoms with E-state index in [1.165, 1.54) is 0 Å². The predicted octanol–water partition coefficient (Wildman–Crippen LogP) is 2.75. The standard InChI is InChI=1S/C13H19NO3/c1-3-9-17-12-8-6-5-7-11(12)14-10(4-2)13(15)16/h5-8,10,14H,3-4,9H2,1-2H3,(H,15,16). The van der Waals surface area contributed by atoms with E-state index in [4.69, 9.17) is 9.84 Å². The Hall–Kier alpha value is -1.71. The summed E-state index contributed by atoms with van der Waals surface area (Å²) in [7, 11) is 0. The molecule has 0 aliphatic rings. The van der Waals surface area contributed by atoms with E-state index in [1.54, 1.807) is 0 Å². The van der Waals surface area contributed by atoms with Crippen LogP contribution in [0.15, 0.2) is 24.3 Å². The van der Waals surface area contributed by atoms with E-state index in [2.05, 4.69) is 5.32 Å². The second kappa shape index (κ2) is 6.78. The Morgan fingerprint density at radius 2 is 2.12 bits per heavy atom. The normalized spacial score (nSPS) is 11.9. The van der Waals surface area contributed by atoms with Gasteiger partial charge in [0.2, 0.25) is 0 Å². The first-order valence-electron chi connectivity index (χ1n) is 5.90. The minimum Gasteiger partial charge on any atom is -0.491 e. The quantitative estimate of drug-likeness (QED) is 0.765. The van der Waals surface area contributed by atoms with Crippen LogP contribution >= 0.6 is 0 Å². The SMILES string of the molecule is CCCOc1ccccc1NC(CC)C(=O)O. The zero-order valence-electron chi connectivity index (χ0n) is 10.3. The Bertz CT molecular complexity index is 365. The van der Waals surface area contributed by atoms with Crippen molar-refractivity contribution in [3.63, 3.8) is 0 Å². The summed E-state index contributed by atoms with van der Waals surface area (Å²) in [5.41, 5.74) is 0.732. The number of aliphatic carboxylic acids is 1. The van der Waals surface area contributed by atoms with Crippen molar-refractivity contribution in [2.24, 2.45) is 0 Å². The average Bonchev–Trinajstić information content (AvgIpc) is 2.34. The highest BCUT2D eigenvalue weighted by atomic mass is 16.5. The van der Waals surface area contributed by atoms with Gasteiger partial charge in [-0.05, 0) is 25.0 Å². The Balaban J connectivity index is 2.78. The van der Waals surface area contributed by atoms with Gasteiger partial charge in [-0.15, -0.1) is 0 Å². The summed E-state index contributed by atoms with van der Waals surface area (Å²) in [6, 6.07) is 6.82. The van der Waals surface area contributed by atoms with Gasteiger partial charge in [0.15, 0.2) is 0 Å². The van der Waals surface area contributed by atoms with E-state index in [0.717, 1.165) is 12.1 Å². The van der Waals surface area contributed by atoms with E-state index < -0.39 is 12.0 Å². The van der Waals surface area contributed by atoms with Crippen LogP contribution in [-0.2, 0) is 4.79 Å². The van der Waals surface area contributed by atoms with Gasteiger partial charge < -0.3 is 15.2 Å². The molecule has 0 aliphatic carbocycles. The number of para-hydroxylation sites is 2. The molecule has 0 spiro atoms. The summed E-state index contributed by atoms with van der Waals surface area (Å²) < 4.78 is 5.56. The summed E-state index contributed by atoms with van der Waals surface area (Å²) in [5.74, 6) is -0.146. The van der Waals surface area contributed by atoms with Gasteiger partial charge in [-0.3, -0.25) is 0 Å². The van der Waals surface area contributed by atoms with Gasteiger partial charge in [-0.2, -0.15) is 0 Å². The maximum atomic E-state index is 11.0. The van der Waals surface area contributed by atoms with Crippen molar-refractivity contribution in [1.82, 2.24) is 0 Å². The van der Waals surface area contributed by atoms with E-state index in [0.29, 0.717) is 18.8 Å². The Morgan fingerprint density at radius 3 is 2.71 bits per heavy atom. The molecule has 0 aliphatic heterocycles. The summed E-state index contributed by atoms with van der Waals surface area (Å²) in [4.78, 5) is 11.0. The van der Waals surface area contributed by atoms with Crippen molar-refractivity contribution in [1.29, 1.82) is 0 Å². The molecule has 1 aromatic carbocycles. The zero-order chi connectivity index (χ0) is 12.7. The molecule has 0 saturated carbocycles. The molecule has 1 atom stereocenters. The molecule has 1 aromatic rings. The molecule has 0 bridgehead atoms. The molecule has 0 heterocycles.